The van der Waals surface area contributed by atoms with Crippen molar-refractivity contribution >= 4 is 34.5 Å². The van der Waals surface area contributed by atoms with Crippen LogP contribution in [-0.2, 0) is 11.3 Å². The molecule has 0 atom stereocenters. The molecule has 1 aromatic carbocycles. The van der Waals surface area contributed by atoms with Gasteiger partial charge in [0.25, 0.3) is 0 Å². The average molecular weight is 310 g/mol. The lowest BCUT2D eigenvalue weighted by Crippen LogP contribution is -2.27. The minimum atomic E-state index is -0.0865. The van der Waals surface area contributed by atoms with E-state index in [1.165, 1.54) is 0 Å². The quantitative estimate of drug-likeness (QED) is 0.892. The summed E-state index contributed by atoms with van der Waals surface area (Å²) in [5.74, 6) is -0.0865. The molecule has 0 fully saturated rings. The van der Waals surface area contributed by atoms with Gasteiger partial charge in [-0.1, -0.05) is 17.7 Å². The molecule has 0 bridgehead atoms. The van der Waals surface area contributed by atoms with Crippen LogP contribution in [0, 0.1) is 13.8 Å². The van der Waals surface area contributed by atoms with E-state index in [0.29, 0.717) is 11.6 Å². The maximum Gasteiger partial charge on any atom is 0.238 e. The third-order valence-corrected chi connectivity index (χ3v) is 3.88. The van der Waals surface area contributed by atoms with Crippen molar-refractivity contribution in [1.82, 2.24) is 10.3 Å². The number of nitrogens with one attached hydrogen (secondary N) is 2. The molecule has 0 unspecified atom stereocenters. The maximum atomic E-state index is 11.8. The first-order valence-corrected chi connectivity index (χ1v) is 7.42. The molecule has 1 aromatic heterocycles. The van der Waals surface area contributed by atoms with Crippen molar-refractivity contribution in [2.75, 3.05) is 11.9 Å². The number of nitrogens with zero attached hydrogens (tertiary/aromatic N) is 1. The molecule has 20 heavy (non-hydrogen) atoms. The van der Waals surface area contributed by atoms with Crippen molar-refractivity contribution in [3.05, 3.63) is 44.9 Å². The van der Waals surface area contributed by atoms with Gasteiger partial charge in [-0.05, 0) is 31.5 Å². The molecule has 0 spiro atoms. The Hall–Kier alpha value is -1.43. The lowest BCUT2D eigenvalue weighted by atomic mass is 10.2. The fourth-order valence-electron chi connectivity index (χ4n) is 1.71. The van der Waals surface area contributed by atoms with E-state index in [2.05, 4.69) is 15.6 Å². The van der Waals surface area contributed by atoms with E-state index in [0.717, 1.165) is 21.1 Å². The summed E-state index contributed by atoms with van der Waals surface area (Å²) in [6.07, 6.45) is 1.83. The van der Waals surface area contributed by atoms with Crippen molar-refractivity contribution in [3.8, 4) is 0 Å². The Bertz CT molecular complexity index is 612. The first kappa shape index (κ1) is 15.0. The van der Waals surface area contributed by atoms with Gasteiger partial charge in [0.2, 0.25) is 5.91 Å². The summed E-state index contributed by atoms with van der Waals surface area (Å²) in [6, 6.07) is 5.43. The third-order valence-electron chi connectivity index (χ3n) is 2.73. The fraction of sp³-hybridized carbons (Fsp3) is 0.286. The molecular weight excluding hydrogens is 294 g/mol. The number of aryl methyl sites for hydroxylation is 2. The molecule has 0 radical (unpaired) electrons. The number of amides is 1. The van der Waals surface area contributed by atoms with Crippen molar-refractivity contribution < 1.29 is 4.79 Å². The molecule has 0 saturated carbocycles. The van der Waals surface area contributed by atoms with Crippen LogP contribution in [0.4, 0.5) is 5.69 Å². The summed E-state index contributed by atoms with van der Waals surface area (Å²) < 4.78 is 0. The zero-order chi connectivity index (χ0) is 14.5. The number of anilines is 1. The maximum absolute atomic E-state index is 11.8. The number of rotatable bonds is 5. The van der Waals surface area contributed by atoms with E-state index in [1.807, 2.05) is 26.1 Å². The highest BCUT2D eigenvalue weighted by molar-refractivity contribution is 7.11. The van der Waals surface area contributed by atoms with Gasteiger partial charge in [-0.2, -0.15) is 0 Å². The molecule has 0 saturated heterocycles. The van der Waals surface area contributed by atoms with E-state index in [4.69, 9.17) is 11.6 Å². The third kappa shape index (κ3) is 4.30. The van der Waals surface area contributed by atoms with Gasteiger partial charge >= 0.3 is 0 Å². The van der Waals surface area contributed by atoms with E-state index in [-0.39, 0.29) is 12.5 Å². The molecule has 4 nitrogen and oxygen atoms in total. The Morgan fingerprint density at radius 2 is 2.20 bits per heavy atom. The minimum absolute atomic E-state index is 0.0865. The molecule has 6 heteroatoms. The van der Waals surface area contributed by atoms with Gasteiger partial charge in [-0.3, -0.25) is 4.79 Å². The molecular formula is C14H16ClN3OS. The number of benzene rings is 1. The lowest BCUT2D eigenvalue weighted by molar-refractivity contribution is -0.115. The van der Waals surface area contributed by atoms with Gasteiger partial charge in [-0.15, -0.1) is 11.3 Å². The predicted molar refractivity (Wildman–Crippen MR) is 83.4 cm³/mol. The van der Waals surface area contributed by atoms with E-state index in [1.54, 1.807) is 23.5 Å². The van der Waals surface area contributed by atoms with Crippen LogP contribution in [0.15, 0.2) is 24.4 Å². The Balaban J connectivity index is 1.82. The topological polar surface area (TPSA) is 54.0 Å². The summed E-state index contributed by atoms with van der Waals surface area (Å²) >= 11 is 7.54. The summed E-state index contributed by atoms with van der Waals surface area (Å²) in [5, 5.41) is 7.58. The normalized spacial score (nSPS) is 10.6. The number of carbonyl (C=O) groups excluding carboxylic acids is 1. The Labute approximate surface area is 127 Å². The number of carbonyl (C=O) groups is 1. The van der Waals surface area contributed by atoms with Gasteiger partial charge < -0.3 is 10.6 Å². The molecule has 1 heterocycles. The van der Waals surface area contributed by atoms with Crippen molar-refractivity contribution in [1.29, 1.82) is 0 Å². The van der Waals surface area contributed by atoms with Crippen LogP contribution in [0.1, 0.15) is 15.4 Å². The predicted octanol–water partition coefficient (Wildman–Crippen LogP) is 3.14. The van der Waals surface area contributed by atoms with Gasteiger partial charge in [0, 0.05) is 28.3 Å². The standard InChI is InChI=1S/C14H16ClN3OS/c1-9-3-4-11(15)5-13(9)18-14(19)8-16-6-12-7-17-10(2)20-12/h3-5,7,16H,6,8H2,1-2H3,(H,18,19). The van der Waals surface area contributed by atoms with Gasteiger partial charge in [0.05, 0.1) is 11.6 Å². The van der Waals surface area contributed by atoms with Crippen LogP contribution in [0.25, 0.3) is 0 Å². The number of aromatic nitrogens is 1. The number of halogens is 1. The van der Waals surface area contributed by atoms with Crippen molar-refractivity contribution in [2.24, 2.45) is 0 Å². The SMILES string of the molecule is Cc1ncc(CNCC(=O)Nc2cc(Cl)ccc2C)s1. The van der Waals surface area contributed by atoms with Gasteiger partial charge in [0.1, 0.15) is 0 Å². The Morgan fingerprint density at radius 3 is 2.90 bits per heavy atom. The van der Waals surface area contributed by atoms with Gasteiger partial charge in [-0.25, -0.2) is 4.98 Å². The largest absolute Gasteiger partial charge is 0.325 e. The summed E-state index contributed by atoms with van der Waals surface area (Å²) in [5.41, 5.74) is 1.73. The average Bonchev–Trinajstić information content (AvgIpc) is 2.80. The highest BCUT2D eigenvalue weighted by Gasteiger charge is 2.06. The molecule has 2 aromatic rings. The zero-order valence-electron chi connectivity index (χ0n) is 11.4. The Morgan fingerprint density at radius 1 is 1.40 bits per heavy atom. The second-order valence-electron chi connectivity index (χ2n) is 4.46. The van der Waals surface area contributed by atoms with Crippen molar-refractivity contribution in [3.63, 3.8) is 0 Å². The summed E-state index contributed by atoms with van der Waals surface area (Å²) in [4.78, 5) is 17.1. The van der Waals surface area contributed by atoms with Crippen LogP contribution in [0.3, 0.4) is 0 Å². The molecule has 106 valence electrons. The minimum Gasteiger partial charge on any atom is -0.325 e. The van der Waals surface area contributed by atoms with E-state index < -0.39 is 0 Å². The monoisotopic (exact) mass is 309 g/mol. The molecule has 1 amide bonds. The highest BCUT2D eigenvalue weighted by Crippen LogP contribution is 2.19. The van der Waals surface area contributed by atoms with Crippen LogP contribution in [0.5, 0.6) is 0 Å². The molecule has 2 rings (SSSR count). The molecule has 0 aliphatic rings. The number of thiazole rings is 1. The van der Waals surface area contributed by atoms with E-state index in [9.17, 15) is 4.79 Å². The van der Waals surface area contributed by atoms with Crippen molar-refractivity contribution in [2.45, 2.75) is 20.4 Å². The molecule has 0 aliphatic heterocycles. The first-order chi connectivity index (χ1) is 9.54. The van der Waals surface area contributed by atoms with Crippen LogP contribution >= 0.6 is 22.9 Å². The van der Waals surface area contributed by atoms with Gasteiger partial charge in [0.15, 0.2) is 0 Å². The smallest absolute Gasteiger partial charge is 0.238 e. The summed E-state index contributed by atoms with van der Waals surface area (Å²) in [7, 11) is 0. The van der Waals surface area contributed by atoms with Crippen LogP contribution < -0.4 is 10.6 Å². The second-order valence-corrected chi connectivity index (χ2v) is 6.21. The van der Waals surface area contributed by atoms with E-state index >= 15 is 0 Å². The molecule has 0 aliphatic carbocycles. The summed E-state index contributed by atoms with van der Waals surface area (Å²) in [6.45, 7) is 4.79. The molecule has 2 N–H and O–H groups in total. The zero-order valence-corrected chi connectivity index (χ0v) is 12.9. The Kier molecular flexibility index (Phi) is 5.11. The fourth-order valence-corrected chi connectivity index (χ4v) is 2.65. The number of hydrogen-bond acceptors (Lipinski definition) is 4. The number of hydrogen-bond donors (Lipinski definition) is 2. The van der Waals surface area contributed by atoms with Crippen LogP contribution in [-0.4, -0.2) is 17.4 Å². The highest BCUT2D eigenvalue weighted by atomic mass is 35.5. The first-order valence-electron chi connectivity index (χ1n) is 6.22. The van der Waals surface area contributed by atoms with Crippen LogP contribution in [0.2, 0.25) is 5.02 Å². The lowest BCUT2D eigenvalue weighted by Gasteiger charge is -2.09. The second kappa shape index (κ2) is 6.83.